The van der Waals surface area contributed by atoms with Gasteiger partial charge in [-0.05, 0) is 37.0 Å². The molecule has 21 heavy (non-hydrogen) atoms. The normalized spacial score (nSPS) is 16.0. The predicted molar refractivity (Wildman–Crippen MR) is 78.9 cm³/mol. The van der Waals surface area contributed by atoms with E-state index in [0.29, 0.717) is 18.4 Å². The van der Waals surface area contributed by atoms with Crippen LogP contribution in [-0.2, 0) is 0 Å². The third-order valence-corrected chi connectivity index (χ3v) is 3.74. The first-order valence-corrected chi connectivity index (χ1v) is 7.22. The second kappa shape index (κ2) is 6.52. The molecule has 3 heterocycles. The van der Waals surface area contributed by atoms with Crippen LogP contribution in [0.2, 0.25) is 0 Å². The standard InChI is InChI=1S/C16H18FN3O/c17-14-4-3-5-15(19-14)20-10-7-13(8-11-20)12-21-16-6-1-2-9-18-16/h1-6,9,13H,7-8,10-12H2. The van der Waals surface area contributed by atoms with Crippen molar-refractivity contribution in [3.63, 3.8) is 0 Å². The van der Waals surface area contributed by atoms with E-state index in [9.17, 15) is 4.39 Å². The van der Waals surface area contributed by atoms with E-state index in [4.69, 9.17) is 4.74 Å². The summed E-state index contributed by atoms with van der Waals surface area (Å²) in [6.45, 7) is 2.45. The Bertz CT molecular complexity index is 571. The van der Waals surface area contributed by atoms with E-state index in [1.54, 1.807) is 12.3 Å². The van der Waals surface area contributed by atoms with Gasteiger partial charge in [0.1, 0.15) is 5.82 Å². The molecule has 1 aliphatic heterocycles. The summed E-state index contributed by atoms with van der Waals surface area (Å²) < 4.78 is 18.8. The van der Waals surface area contributed by atoms with Crippen molar-refractivity contribution in [3.05, 3.63) is 48.5 Å². The van der Waals surface area contributed by atoms with Crippen LogP contribution in [0.15, 0.2) is 42.6 Å². The lowest BCUT2D eigenvalue weighted by atomic mass is 9.98. The zero-order valence-electron chi connectivity index (χ0n) is 11.8. The van der Waals surface area contributed by atoms with Crippen LogP contribution in [0.4, 0.5) is 10.2 Å². The largest absolute Gasteiger partial charge is 0.477 e. The highest BCUT2D eigenvalue weighted by molar-refractivity contribution is 5.38. The van der Waals surface area contributed by atoms with Gasteiger partial charge in [0.25, 0.3) is 0 Å². The Labute approximate surface area is 123 Å². The molecule has 1 aliphatic rings. The molecule has 0 spiro atoms. The van der Waals surface area contributed by atoms with Gasteiger partial charge in [-0.25, -0.2) is 9.97 Å². The van der Waals surface area contributed by atoms with E-state index in [-0.39, 0.29) is 0 Å². The van der Waals surface area contributed by atoms with Crippen molar-refractivity contribution < 1.29 is 9.13 Å². The summed E-state index contributed by atoms with van der Waals surface area (Å²) in [5.41, 5.74) is 0. The zero-order valence-corrected chi connectivity index (χ0v) is 11.8. The molecule has 0 aliphatic carbocycles. The molecule has 0 bridgehead atoms. The van der Waals surface area contributed by atoms with Crippen molar-refractivity contribution in [1.82, 2.24) is 9.97 Å². The lowest BCUT2D eigenvalue weighted by Crippen LogP contribution is -2.36. The molecule has 0 aromatic carbocycles. The summed E-state index contributed by atoms with van der Waals surface area (Å²) in [6.07, 6.45) is 3.77. The number of hydrogen-bond donors (Lipinski definition) is 0. The second-order valence-corrected chi connectivity index (χ2v) is 5.23. The predicted octanol–water partition coefficient (Wildman–Crippen LogP) is 2.91. The molecule has 0 N–H and O–H groups in total. The van der Waals surface area contributed by atoms with Gasteiger partial charge in [-0.3, -0.25) is 0 Å². The average Bonchev–Trinajstić information content (AvgIpc) is 2.54. The fraction of sp³-hybridized carbons (Fsp3) is 0.375. The minimum Gasteiger partial charge on any atom is -0.477 e. The van der Waals surface area contributed by atoms with E-state index < -0.39 is 5.95 Å². The van der Waals surface area contributed by atoms with Gasteiger partial charge in [-0.15, -0.1) is 0 Å². The second-order valence-electron chi connectivity index (χ2n) is 5.23. The first-order valence-electron chi connectivity index (χ1n) is 7.22. The van der Waals surface area contributed by atoms with Crippen molar-refractivity contribution >= 4 is 5.82 Å². The molecule has 2 aromatic rings. The first kappa shape index (κ1) is 13.8. The fourth-order valence-corrected chi connectivity index (χ4v) is 2.54. The molecule has 0 saturated carbocycles. The average molecular weight is 287 g/mol. The van der Waals surface area contributed by atoms with E-state index in [1.165, 1.54) is 6.07 Å². The SMILES string of the molecule is Fc1cccc(N2CCC(COc3ccccn3)CC2)n1. The topological polar surface area (TPSA) is 38.2 Å². The maximum Gasteiger partial charge on any atom is 0.214 e. The maximum atomic E-state index is 13.1. The number of halogens is 1. The summed E-state index contributed by atoms with van der Waals surface area (Å²) in [5, 5.41) is 0. The van der Waals surface area contributed by atoms with Crippen LogP contribution >= 0.6 is 0 Å². The molecule has 3 rings (SSSR count). The van der Waals surface area contributed by atoms with E-state index >= 15 is 0 Å². The van der Waals surface area contributed by atoms with E-state index in [0.717, 1.165) is 31.7 Å². The van der Waals surface area contributed by atoms with Crippen molar-refractivity contribution in [1.29, 1.82) is 0 Å². The summed E-state index contributed by atoms with van der Waals surface area (Å²) in [4.78, 5) is 10.2. The summed E-state index contributed by atoms with van der Waals surface area (Å²) in [7, 11) is 0. The molecular weight excluding hydrogens is 269 g/mol. The van der Waals surface area contributed by atoms with Crippen LogP contribution in [0.25, 0.3) is 0 Å². The van der Waals surface area contributed by atoms with E-state index in [2.05, 4.69) is 14.9 Å². The number of aromatic nitrogens is 2. The van der Waals surface area contributed by atoms with Crippen LogP contribution in [0.3, 0.4) is 0 Å². The fourth-order valence-electron chi connectivity index (χ4n) is 2.54. The maximum absolute atomic E-state index is 13.1. The first-order chi connectivity index (χ1) is 10.3. The number of anilines is 1. The Morgan fingerprint density at radius 2 is 2.00 bits per heavy atom. The van der Waals surface area contributed by atoms with Gasteiger partial charge in [-0.1, -0.05) is 12.1 Å². The van der Waals surface area contributed by atoms with Gasteiger partial charge in [0, 0.05) is 25.4 Å². The highest BCUT2D eigenvalue weighted by Crippen LogP contribution is 2.22. The van der Waals surface area contributed by atoms with Gasteiger partial charge in [-0.2, -0.15) is 4.39 Å². The number of piperidine rings is 1. The molecule has 0 unspecified atom stereocenters. The molecule has 5 heteroatoms. The minimum absolute atomic E-state index is 0.423. The van der Waals surface area contributed by atoms with Crippen LogP contribution in [0.5, 0.6) is 5.88 Å². The van der Waals surface area contributed by atoms with Crippen molar-refractivity contribution in [2.75, 3.05) is 24.6 Å². The number of nitrogens with zero attached hydrogens (tertiary/aromatic N) is 3. The van der Waals surface area contributed by atoms with Gasteiger partial charge in [0.15, 0.2) is 0 Å². The highest BCUT2D eigenvalue weighted by Gasteiger charge is 2.21. The molecular formula is C16H18FN3O. The molecule has 0 amide bonds. The smallest absolute Gasteiger partial charge is 0.214 e. The zero-order chi connectivity index (χ0) is 14.5. The van der Waals surface area contributed by atoms with E-state index in [1.807, 2.05) is 24.3 Å². The van der Waals surface area contributed by atoms with Crippen LogP contribution in [0.1, 0.15) is 12.8 Å². The number of pyridine rings is 2. The monoisotopic (exact) mass is 287 g/mol. The third kappa shape index (κ3) is 3.68. The Morgan fingerprint density at radius 3 is 2.71 bits per heavy atom. The third-order valence-electron chi connectivity index (χ3n) is 3.74. The summed E-state index contributed by atoms with van der Waals surface area (Å²) >= 11 is 0. The molecule has 0 radical (unpaired) electrons. The van der Waals surface area contributed by atoms with Crippen LogP contribution in [0, 0.1) is 11.9 Å². The molecule has 110 valence electrons. The molecule has 1 saturated heterocycles. The Kier molecular flexibility index (Phi) is 4.28. The summed E-state index contributed by atoms with van der Waals surface area (Å²) in [5.74, 6) is 1.48. The lowest BCUT2D eigenvalue weighted by molar-refractivity contribution is 0.216. The van der Waals surface area contributed by atoms with Gasteiger partial charge in [0.05, 0.1) is 6.61 Å². The Hall–Kier alpha value is -2.17. The highest BCUT2D eigenvalue weighted by atomic mass is 19.1. The number of rotatable bonds is 4. The lowest BCUT2D eigenvalue weighted by Gasteiger charge is -2.32. The molecule has 4 nitrogen and oxygen atoms in total. The van der Waals surface area contributed by atoms with Crippen LogP contribution in [-0.4, -0.2) is 29.7 Å². The number of hydrogen-bond acceptors (Lipinski definition) is 4. The Balaban J connectivity index is 1.49. The van der Waals surface area contributed by atoms with Gasteiger partial charge < -0.3 is 9.64 Å². The van der Waals surface area contributed by atoms with Crippen molar-refractivity contribution in [2.45, 2.75) is 12.8 Å². The summed E-state index contributed by atoms with van der Waals surface area (Å²) in [6, 6.07) is 10.6. The van der Waals surface area contributed by atoms with Gasteiger partial charge in [0.2, 0.25) is 11.8 Å². The molecule has 1 fully saturated rings. The molecule has 0 atom stereocenters. The van der Waals surface area contributed by atoms with Crippen molar-refractivity contribution in [3.8, 4) is 5.88 Å². The van der Waals surface area contributed by atoms with Crippen LogP contribution < -0.4 is 9.64 Å². The van der Waals surface area contributed by atoms with Gasteiger partial charge >= 0.3 is 0 Å². The quantitative estimate of drug-likeness (QED) is 0.810. The number of ether oxygens (including phenoxy) is 1. The van der Waals surface area contributed by atoms with Crippen molar-refractivity contribution in [2.24, 2.45) is 5.92 Å². The Morgan fingerprint density at radius 1 is 1.14 bits per heavy atom. The minimum atomic E-state index is -0.423. The molecule has 2 aromatic heterocycles.